The zero-order chi connectivity index (χ0) is 37.5. The Labute approximate surface area is 328 Å². The fourth-order valence-electron chi connectivity index (χ4n) is 9.27. The van der Waals surface area contributed by atoms with Crippen molar-refractivity contribution in [3.8, 4) is 22.3 Å². The van der Waals surface area contributed by atoms with E-state index in [2.05, 4.69) is 176 Å². The van der Waals surface area contributed by atoms with Gasteiger partial charge < -0.3 is 8.83 Å². The molecule has 0 saturated heterocycles. The van der Waals surface area contributed by atoms with Crippen LogP contribution in [0.25, 0.3) is 88.0 Å². The first-order chi connectivity index (χ1) is 28.2. The van der Waals surface area contributed by atoms with Crippen LogP contribution in [0.4, 0.5) is 0 Å². The number of para-hydroxylation sites is 2. The van der Waals surface area contributed by atoms with Gasteiger partial charge in [0.05, 0.1) is 5.56 Å². The molecule has 2 aliphatic carbocycles. The summed E-state index contributed by atoms with van der Waals surface area (Å²) in [7, 11) is 0. The standard InChI is InChI=1S/C55H34O2/c1-2-13-37-30-38(29-26-34(37)12-1)35-24-27-36(28-25-35)51-39-14-3-4-15-40(31-39)52(46-21-6-5-20-45(46)51)41-16-11-17-42(32-41)53-54-47(43-18-7-9-22-49(43)56-54)33-48-44-19-8-10-23-50(44)57-55(48)53/h1-33,39H. The van der Waals surface area contributed by atoms with E-state index in [9.17, 15) is 0 Å². The second kappa shape index (κ2) is 12.6. The Balaban J connectivity index is 1.08. The average molecular weight is 727 g/mol. The molecule has 0 fully saturated rings. The Kier molecular flexibility index (Phi) is 7.02. The van der Waals surface area contributed by atoms with Crippen molar-refractivity contribution in [2.45, 2.75) is 0 Å². The summed E-state index contributed by atoms with van der Waals surface area (Å²) in [5, 5.41) is 9.35. The van der Waals surface area contributed by atoms with Crippen LogP contribution < -0.4 is 10.4 Å². The van der Waals surface area contributed by atoms with Crippen molar-refractivity contribution < 1.29 is 8.83 Å². The summed E-state index contributed by atoms with van der Waals surface area (Å²) >= 11 is 0. The first kappa shape index (κ1) is 31.9. The molecule has 2 heteroatoms. The Hall–Kier alpha value is -7.42. The lowest BCUT2D eigenvalue weighted by Crippen LogP contribution is -2.30. The lowest BCUT2D eigenvalue weighted by atomic mass is 9.88. The zero-order valence-electron chi connectivity index (χ0n) is 30.9. The third-order valence-corrected chi connectivity index (χ3v) is 11.9. The van der Waals surface area contributed by atoms with E-state index in [0.29, 0.717) is 0 Å². The summed E-state index contributed by atoms with van der Waals surface area (Å²) in [6, 6.07) is 61.1. The Morgan fingerprint density at radius 2 is 1.04 bits per heavy atom. The van der Waals surface area contributed by atoms with Gasteiger partial charge in [0.1, 0.15) is 22.3 Å². The van der Waals surface area contributed by atoms with Crippen LogP contribution in [-0.2, 0) is 0 Å². The predicted octanol–water partition coefficient (Wildman–Crippen LogP) is 13.1. The van der Waals surface area contributed by atoms with Crippen molar-refractivity contribution >= 4 is 65.8 Å². The zero-order valence-corrected chi connectivity index (χ0v) is 30.9. The van der Waals surface area contributed by atoms with Gasteiger partial charge in [0.2, 0.25) is 0 Å². The molecule has 12 rings (SSSR count). The van der Waals surface area contributed by atoms with Crippen LogP contribution in [0.2, 0.25) is 0 Å². The van der Waals surface area contributed by atoms with Crippen LogP contribution in [0.15, 0.2) is 215 Å². The molecule has 0 saturated carbocycles. The van der Waals surface area contributed by atoms with Crippen molar-refractivity contribution in [3.63, 3.8) is 0 Å². The molecule has 0 aliphatic heterocycles. The number of hydrogen-bond donors (Lipinski definition) is 0. The molecule has 266 valence electrons. The smallest absolute Gasteiger partial charge is 0.147 e. The summed E-state index contributed by atoms with van der Waals surface area (Å²) in [4.78, 5) is 0. The first-order valence-corrected chi connectivity index (χ1v) is 19.6. The quantitative estimate of drug-likeness (QED) is 0.180. The van der Waals surface area contributed by atoms with Gasteiger partial charge in [0.25, 0.3) is 0 Å². The minimum Gasteiger partial charge on any atom is -0.455 e. The number of benzene rings is 8. The van der Waals surface area contributed by atoms with Crippen LogP contribution in [-0.4, -0.2) is 0 Å². The molecule has 1 unspecified atom stereocenters. The Morgan fingerprint density at radius 3 is 1.81 bits per heavy atom. The molecule has 2 bridgehead atoms. The molecule has 0 radical (unpaired) electrons. The molecule has 2 heterocycles. The number of furan rings is 2. The molecule has 10 aromatic rings. The van der Waals surface area contributed by atoms with Gasteiger partial charge >= 0.3 is 0 Å². The van der Waals surface area contributed by atoms with Crippen molar-refractivity contribution in [1.82, 2.24) is 0 Å². The second-order valence-corrected chi connectivity index (χ2v) is 15.1. The van der Waals surface area contributed by atoms with E-state index < -0.39 is 0 Å². The van der Waals surface area contributed by atoms with Gasteiger partial charge in [-0.2, -0.15) is 0 Å². The summed E-state index contributed by atoms with van der Waals surface area (Å²) in [6.07, 6.45) is 11.4. The van der Waals surface area contributed by atoms with Crippen LogP contribution in [0.5, 0.6) is 0 Å². The lowest BCUT2D eigenvalue weighted by molar-refractivity contribution is 0.658. The highest BCUT2D eigenvalue weighted by atomic mass is 16.3. The van der Waals surface area contributed by atoms with Crippen molar-refractivity contribution in [2.24, 2.45) is 5.92 Å². The molecule has 57 heavy (non-hydrogen) atoms. The minimum absolute atomic E-state index is 0.0859. The second-order valence-electron chi connectivity index (χ2n) is 15.1. The first-order valence-electron chi connectivity index (χ1n) is 19.6. The van der Waals surface area contributed by atoms with E-state index in [4.69, 9.17) is 8.83 Å². The Morgan fingerprint density at radius 1 is 0.404 bits per heavy atom. The number of hydrogen-bond acceptors (Lipinski definition) is 2. The molecule has 8 aromatic carbocycles. The minimum atomic E-state index is 0.0859. The summed E-state index contributed by atoms with van der Waals surface area (Å²) in [5.41, 5.74) is 14.0. The summed E-state index contributed by atoms with van der Waals surface area (Å²) < 4.78 is 13.4. The monoisotopic (exact) mass is 726 g/mol. The van der Waals surface area contributed by atoms with E-state index in [1.807, 2.05) is 24.3 Å². The molecule has 2 aromatic heterocycles. The van der Waals surface area contributed by atoms with Crippen LogP contribution in [0.3, 0.4) is 0 Å². The molecule has 2 nitrogen and oxygen atoms in total. The third kappa shape index (κ3) is 5.04. The topological polar surface area (TPSA) is 26.3 Å². The van der Waals surface area contributed by atoms with E-state index in [1.54, 1.807) is 0 Å². The fourth-order valence-corrected chi connectivity index (χ4v) is 9.27. The molecule has 0 N–H and O–H groups in total. The SMILES string of the molecule is C1=CC2=CC(C=C1)C(c1ccc(-c3ccc4ccccc4c3)cc1)=c1ccccc1=C2c1cccc(-c2c3oc4ccccc4c3cc3c2oc2ccccc23)c1. The number of fused-ring (bicyclic) bond motifs is 9. The number of allylic oxidation sites excluding steroid dienone is 6. The van der Waals surface area contributed by atoms with Gasteiger partial charge in [0.15, 0.2) is 0 Å². The van der Waals surface area contributed by atoms with E-state index >= 15 is 0 Å². The van der Waals surface area contributed by atoms with Gasteiger partial charge in [-0.3, -0.25) is 0 Å². The molecule has 2 aliphatic rings. The summed E-state index contributed by atoms with van der Waals surface area (Å²) in [6.45, 7) is 0. The van der Waals surface area contributed by atoms with E-state index in [1.165, 1.54) is 54.6 Å². The van der Waals surface area contributed by atoms with Gasteiger partial charge in [-0.25, -0.2) is 0 Å². The van der Waals surface area contributed by atoms with Crippen molar-refractivity contribution in [2.75, 3.05) is 0 Å². The van der Waals surface area contributed by atoms with Gasteiger partial charge in [-0.15, -0.1) is 0 Å². The maximum Gasteiger partial charge on any atom is 0.147 e. The van der Waals surface area contributed by atoms with E-state index in [0.717, 1.165) is 60.6 Å². The fraction of sp³-hybridized carbons (Fsp3) is 0.0182. The van der Waals surface area contributed by atoms with Crippen LogP contribution in [0, 0.1) is 5.92 Å². The van der Waals surface area contributed by atoms with Crippen LogP contribution in [0.1, 0.15) is 11.1 Å². The van der Waals surface area contributed by atoms with Gasteiger partial charge in [0, 0.05) is 27.5 Å². The largest absolute Gasteiger partial charge is 0.455 e. The van der Waals surface area contributed by atoms with Gasteiger partial charge in [-0.05, 0) is 96.1 Å². The normalized spacial score (nSPS) is 15.1. The van der Waals surface area contributed by atoms with Crippen molar-refractivity contribution in [1.29, 1.82) is 0 Å². The predicted molar refractivity (Wildman–Crippen MR) is 236 cm³/mol. The third-order valence-electron chi connectivity index (χ3n) is 11.9. The highest BCUT2D eigenvalue weighted by Gasteiger charge is 2.24. The number of rotatable bonds is 4. The molecular formula is C55H34O2. The molecule has 0 spiro atoms. The van der Waals surface area contributed by atoms with Crippen LogP contribution >= 0.6 is 0 Å². The molecular weight excluding hydrogens is 693 g/mol. The van der Waals surface area contributed by atoms with E-state index in [-0.39, 0.29) is 5.92 Å². The highest BCUT2D eigenvalue weighted by molar-refractivity contribution is 6.22. The maximum atomic E-state index is 6.70. The maximum absolute atomic E-state index is 6.70. The average Bonchev–Trinajstić information content (AvgIpc) is 3.67. The molecule has 0 amide bonds. The molecule has 1 atom stereocenters. The summed E-state index contributed by atoms with van der Waals surface area (Å²) in [5.74, 6) is 0.0859. The lowest BCUT2D eigenvalue weighted by Gasteiger charge is -2.15. The Bertz CT molecular complexity index is 3420. The van der Waals surface area contributed by atoms with Crippen molar-refractivity contribution in [3.05, 3.63) is 227 Å². The van der Waals surface area contributed by atoms with Gasteiger partial charge in [-0.1, -0.05) is 170 Å². The highest BCUT2D eigenvalue weighted by Crippen LogP contribution is 2.45.